The van der Waals surface area contributed by atoms with Crippen LogP contribution in [0, 0.1) is 0 Å². The Labute approximate surface area is 116 Å². The maximum absolute atomic E-state index is 10.2. The summed E-state index contributed by atoms with van der Waals surface area (Å²) < 4.78 is 29.5. The Kier molecular flexibility index (Phi) is 16.5. The van der Waals surface area contributed by atoms with Gasteiger partial charge in [-0.05, 0) is 4.53 Å². The quantitative estimate of drug-likeness (QED) is 0.373. The van der Waals surface area contributed by atoms with Crippen molar-refractivity contribution in [1.82, 2.24) is 0 Å². The third kappa shape index (κ3) is 24.6. The van der Waals surface area contributed by atoms with Crippen molar-refractivity contribution in [3.05, 3.63) is 0 Å². The molecule has 0 aliphatic heterocycles. The molecule has 0 unspecified atom stereocenters. The van der Waals surface area contributed by atoms with E-state index in [1.54, 1.807) is 0 Å². The number of rotatable bonds is 1. The molecule has 0 amide bonds. The van der Waals surface area contributed by atoms with E-state index >= 15 is 0 Å². The standard InChI is InChI=1S/C3H6O3.FH2O4P.K.H/c1-5-3(4)6-2;1-5-6(2,3)4;;/h1-2H3;(H2,2,3,4);;. The van der Waals surface area contributed by atoms with Gasteiger partial charge in [-0.3, -0.25) is 0 Å². The summed E-state index contributed by atoms with van der Waals surface area (Å²) in [4.78, 5) is 24.4. The molecule has 0 aromatic rings. The van der Waals surface area contributed by atoms with Crippen molar-refractivity contribution in [2.75, 3.05) is 14.2 Å². The van der Waals surface area contributed by atoms with Gasteiger partial charge in [0.2, 0.25) is 0 Å². The van der Waals surface area contributed by atoms with E-state index in [0.29, 0.717) is 0 Å². The molecule has 76 valence electrons. The fourth-order valence-electron chi connectivity index (χ4n) is 0.0833. The summed E-state index contributed by atoms with van der Waals surface area (Å²) in [6.07, 6.45) is -0.657. The normalized spacial score (nSPS) is 8.69. The van der Waals surface area contributed by atoms with Crippen molar-refractivity contribution in [2.45, 2.75) is 0 Å². The number of halogens is 1. The van der Waals surface area contributed by atoms with E-state index in [1.165, 1.54) is 14.2 Å². The molecule has 0 bridgehead atoms. The fraction of sp³-hybridized carbons (Fsp3) is 0.667. The number of methoxy groups -OCH3 is 2. The Morgan fingerprint density at radius 3 is 1.54 bits per heavy atom. The van der Waals surface area contributed by atoms with Crippen molar-refractivity contribution >= 4 is 65.4 Å². The molecule has 0 aliphatic rings. The maximum atomic E-state index is 10.2. The summed E-state index contributed by atoms with van der Waals surface area (Å²) in [5, 5.41) is 0. The zero-order valence-electron chi connectivity index (χ0n) is 6.26. The van der Waals surface area contributed by atoms with Crippen LogP contribution in [0.1, 0.15) is 0 Å². The van der Waals surface area contributed by atoms with Gasteiger partial charge >= 0.3 is 65.4 Å². The van der Waals surface area contributed by atoms with Crippen LogP contribution >= 0.6 is 7.82 Å². The number of carbonyl (C=O) groups is 1. The monoisotopic (exact) mass is 246 g/mol. The van der Waals surface area contributed by atoms with Gasteiger partial charge in [0.1, 0.15) is 0 Å². The molecule has 0 atom stereocenters. The van der Waals surface area contributed by atoms with Crippen LogP contribution in [0.2, 0.25) is 0 Å². The predicted octanol–water partition coefficient (Wildman–Crippen LogP) is -0.269. The van der Waals surface area contributed by atoms with E-state index in [0.717, 1.165) is 0 Å². The van der Waals surface area contributed by atoms with Gasteiger partial charge in [0.15, 0.2) is 0 Å². The molecule has 2 N–H and O–H groups in total. The molecular formula is C3H9FKO7P. The van der Waals surface area contributed by atoms with Crippen LogP contribution in [-0.4, -0.2) is 81.5 Å². The Morgan fingerprint density at radius 2 is 1.54 bits per heavy atom. The number of hydrogen-bond donors (Lipinski definition) is 2. The van der Waals surface area contributed by atoms with Gasteiger partial charge in [-0.1, -0.05) is 4.73 Å². The first-order valence-electron chi connectivity index (χ1n) is 2.35. The van der Waals surface area contributed by atoms with Gasteiger partial charge in [0.25, 0.3) is 0 Å². The first kappa shape index (κ1) is 19.5. The number of carbonyl (C=O) groups excluding carboxylic acids is 1. The number of ether oxygens (including phenoxy) is 2. The Balaban J connectivity index is -0.000000143. The van der Waals surface area contributed by atoms with Gasteiger partial charge < -0.3 is 19.3 Å². The second-order valence-corrected chi connectivity index (χ2v) is 2.34. The van der Waals surface area contributed by atoms with E-state index < -0.39 is 14.0 Å². The average Bonchev–Trinajstić information content (AvgIpc) is 2.03. The second kappa shape index (κ2) is 11.0. The SMILES string of the molecule is COC(=O)OC.O=P(O)(O)OF.[KH]. The third-order valence-corrected chi connectivity index (χ3v) is 0.603. The van der Waals surface area contributed by atoms with Crippen LogP contribution in [0.5, 0.6) is 0 Å². The summed E-state index contributed by atoms with van der Waals surface area (Å²) in [5.74, 6) is 0. The van der Waals surface area contributed by atoms with Crippen LogP contribution in [-0.2, 0) is 18.8 Å². The van der Waals surface area contributed by atoms with Crippen molar-refractivity contribution in [3.63, 3.8) is 0 Å². The van der Waals surface area contributed by atoms with E-state index in [4.69, 9.17) is 14.4 Å². The number of hydrogen-bond acceptors (Lipinski definition) is 5. The molecule has 7 nitrogen and oxygen atoms in total. The molecular weight excluding hydrogens is 237 g/mol. The minimum atomic E-state index is -4.81. The van der Waals surface area contributed by atoms with Crippen LogP contribution in [0.3, 0.4) is 0 Å². The van der Waals surface area contributed by atoms with E-state index in [1.807, 2.05) is 0 Å². The second-order valence-electron chi connectivity index (χ2n) is 1.22. The summed E-state index contributed by atoms with van der Waals surface area (Å²) in [5.41, 5.74) is 0. The summed E-state index contributed by atoms with van der Waals surface area (Å²) in [6, 6.07) is 0. The Morgan fingerprint density at radius 1 is 1.31 bits per heavy atom. The third-order valence-electron chi connectivity index (χ3n) is 0.423. The van der Waals surface area contributed by atoms with Crippen LogP contribution in [0.15, 0.2) is 0 Å². The van der Waals surface area contributed by atoms with Gasteiger partial charge in [0, 0.05) is 0 Å². The molecule has 0 aromatic heterocycles. The summed E-state index contributed by atoms with van der Waals surface area (Å²) >= 11 is 0. The van der Waals surface area contributed by atoms with Gasteiger partial charge in [0.05, 0.1) is 14.2 Å². The summed E-state index contributed by atoms with van der Waals surface area (Å²) in [7, 11) is -2.30. The molecule has 0 saturated carbocycles. The Hall–Kier alpha value is 0.946. The molecule has 0 saturated heterocycles. The van der Waals surface area contributed by atoms with Gasteiger partial charge in [-0.25, -0.2) is 9.36 Å². The van der Waals surface area contributed by atoms with E-state index in [9.17, 15) is 9.32 Å². The van der Waals surface area contributed by atoms with Crippen molar-refractivity contribution in [1.29, 1.82) is 0 Å². The van der Waals surface area contributed by atoms with Crippen LogP contribution < -0.4 is 0 Å². The van der Waals surface area contributed by atoms with E-state index in [2.05, 4.69) is 14.2 Å². The molecule has 0 fully saturated rings. The van der Waals surface area contributed by atoms with E-state index in [-0.39, 0.29) is 51.4 Å². The van der Waals surface area contributed by atoms with Crippen molar-refractivity contribution < 1.29 is 37.9 Å². The fourth-order valence-corrected chi connectivity index (χ4v) is 0.0833. The average molecular weight is 246 g/mol. The van der Waals surface area contributed by atoms with Gasteiger partial charge in [-0.15, -0.1) is 0 Å². The molecule has 0 rings (SSSR count). The molecule has 0 aliphatic carbocycles. The molecule has 10 heteroatoms. The molecule has 0 radical (unpaired) electrons. The topological polar surface area (TPSA) is 102 Å². The van der Waals surface area contributed by atoms with Crippen molar-refractivity contribution in [2.24, 2.45) is 0 Å². The first-order valence-corrected chi connectivity index (χ1v) is 3.88. The first-order chi connectivity index (χ1) is 5.37. The molecule has 0 spiro atoms. The molecule has 0 heterocycles. The van der Waals surface area contributed by atoms with Gasteiger partial charge in [-0.2, -0.15) is 0 Å². The minimum absolute atomic E-state index is 0. The molecule has 0 aromatic carbocycles. The van der Waals surface area contributed by atoms with Crippen molar-refractivity contribution in [3.8, 4) is 0 Å². The zero-order valence-corrected chi connectivity index (χ0v) is 7.16. The predicted molar refractivity (Wildman–Crippen MR) is 40.8 cm³/mol. The molecule has 13 heavy (non-hydrogen) atoms. The van der Waals surface area contributed by atoms with Crippen LogP contribution in [0.4, 0.5) is 9.32 Å². The Bertz CT molecular complexity index is 163. The summed E-state index contributed by atoms with van der Waals surface area (Å²) in [6.45, 7) is 0. The number of phosphoric acid groups is 1. The zero-order chi connectivity index (χ0) is 10.2. The van der Waals surface area contributed by atoms with Crippen LogP contribution in [0.25, 0.3) is 0 Å².